The molecule has 1 aliphatic heterocycles. The van der Waals surface area contributed by atoms with E-state index in [1.54, 1.807) is 0 Å². The van der Waals surface area contributed by atoms with Gasteiger partial charge in [0.1, 0.15) is 0 Å². The monoisotopic (exact) mass is 407 g/mol. The maximum atomic E-state index is 12.4. The minimum atomic E-state index is 0.169. The second-order valence-electron chi connectivity index (χ2n) is 4.60. The third kappa shape index (κ3) is 3.22. The molecule has 92 valence electrons. The van der Waals surface area contributed by atoms with Crippen LogP contribution in [0.5, 0.6) is 0 Å². The molecule has 1 aliphatic rings. The van der Waals surface area contributed by atoms with E-state index in [1.807, 2.05) is 23.1 Å². The van der Waals surface area contributed by atoms with E-state index in [9.17, 15) is 4.79 Å². The van der Waals surface area contributed by atoms with Crippen LogP contribution in [0.25, 0.3) is 0 Å². The van der Waals surface area contributed by atoms with E-state index in [2.05, 4.69) is 45.4 Å². The number of carbonyl (C=O) groups is 1. The van der Waals surface area contributed by atoms with E-state index in [1.165, 1.54) is 0 Å². The first-order valence-electron chi connectivity index (χ1n) is 5.82. The summed E-state index contributed by atoms with van der Waals surface area (Å²) >= 11 is 5.65. The molecule has 1 fully saturated rings. The topological polar surface area (TPSA) is 20.3 Å². The summed E-state index contributed by atoms with van der Waals surface area (Å²) in [6.45, 7) is 4.04. The molecule has 0 spiro atoms. The zero-order valence-corrected chi connectivity index (χ0v) is 13.5. The molecule has 17 heavy (non-hydrogen) atoms. The van der Waals surface area contributed by atoms with E-state index in [4.69, 9.17) is 0 Å². The van der Waals surface area contributed by atoms with Gasteiger partial charge in [0.15, 0.2) is 0 Å². The summed E-state index contributed by atoms with van der Waals surface area (Å²) in [5.41, 5.74) is 0.814. The summed E-state index contributed by atoms with van der Waals surface area (Å²) < 4.78 is 1.99. The SMILES string of the molecule is CC1CCN(C(=O)c2cc(Br)ccc2I)CC1. The number of carbonyl (C=O) groups excluding carboxylic acids is 1. The molecule has 1 heterocycles. The molecule has 1 aromatic carbocycles. The molecule has 0 bridgehead atoms. The molecule has 2 nitrogen and oxygen atoms in total. The summed E-state index contributed by atoms with van der Waals surface area (Å²) in [7, 11) is 0. The van der Waals surface area contributed by atoms with Gasteiger partial charge in [-0.3, -0.25) is 4.79 Å². The van der Waals surface area contributed by atoms with Crippen molar-refractivity contribution in [2.75, 3.05) is 13.1 Å². The Bertz CT molecular complexity index is 427. The van der Waals surface area contributed by atoms with Crippen LogP contribution in [0.1, 0.15) is 30.1 Å². The van der Waals surface area contributed by atoms with Crippen molar-refractivity contribution in [2.45, 2.75) is 19.8 Å². The van der Waals surface area contributed by atoms with Crippen molar-refractivity contribution in [3.63, 3.8) is 0 Å². The van der Waals surface area contributed by atoms with E-state index in [-0.39, 0.29) is 5.91 Å². The molecule has 0 N–H and O–H groups in total. The molecule has 0 saturated carbocycles. The van der Waals surface area contributed by atoms with Gasteiger partial charge in [-0.1, -0.05) is 22.9 Å². The van der Waals surface area contributed by atoms with E-state index >= 15 is 0 Å². The lowest BCUT2D eigenvalue weighted by molar-refractivity contribution is 0.0696. The van der Waals surface area contributed by atoms with Crippen LogP contribution in [0.15, 0.2) is 22.7 Å². The fourth-order valence-corrected chi connectivity index (χ4v) is 2.97. The fraction of sp³-hybridized carbons (Fsp3) is 0.462. The van der Waals surface area contributed by atoms with Gasteiger partial charge in [-0.15, -0.1) is 0 Å². The third-order valence-corrected chi connectivity index (χ3v) is 4.66. The van der Waals surface area contributed by atoms with Gasteiger partial charge < -0.3 is 4.90 Å². The number of rotatable bonds is 1. The van der Waals surface area contributed by atoms with Crippen LogP contribution < -0.4 is 0 Å². The lowest BCUT2D eigenvalue weighted by atomic mass is 9.98. The Morgan fingerprint density at radius 1 is 1.41 bits per heavy atom. The Kier molecular flexibility index (Phi) is 4.47. The molecule has 4 heteroatoms. The van der Waals surface area contributed by atoms with Crippen molar-refractivity contribution in [1.29, 1.82) is 0 Å². The first-order chi connectivity index (χ1) is 8.08. The van der Waals surface area contributed by atoms with Crippen molar-refractivity contribution in [1.82, 2.24) is 4.90 Å². The third-order valence-electron chi connectivity index (χ3n) is 3.23. The maximum absolute atomic E-state index is 12.4. The highest BCUT2D eigenvalue weighted by molar-refractivity contribution is 14.1. The van der Waals surface area contributed by atoms with Gasteiger partial charge in [-0.25, -0.2) is 0 Å². The van der Waals surface area contributed by atoms with Crippen LogP contribution in [-0.2, 0) is 0 Å². The van der Waals surface area contributed by atoms with Crippen LogP contribution in [0.3, 0.4) is 0 Å². The highest BCUT2D eigenvalue weighted by atomic mass is 127. The van der Waals surface area contributed by atoms with Crippen LogP contribution in [-0.4, -0.2) is 23.9 Å². The molecule has 0 atom stereocenters. The van der Waals surface area contributed by atoms with Gasteiger partial charge in [0.25, 0.3) is 5.91 Å². The number of nitrogens with zero attached hydrogens (tertiary/aromatic N) is 1. The van der Waals surface area contributed by atoms with Gasteiger partial charge in [0.2, 0.25) is 0 Å². The van der Waals surface area contributed by atoms with Crippen molar-refractivity contribution < 1.29 is 4.79 Å². The lowest BCUT2D eigenvalue weighted by Crippen LogP contribution is -2.38. The van der Waals surface area contributed by atoms with Gasteiger partial charge in [0.05, 0.1) is 5.56 Å². The van der Waals surface area contributed by atoms with Crippen molar-refractivity contribution in [3.05, 3.63) is 31.8 Å². The molecule has 0 aromatic heterocycles. The molecule has 0 radical (unpaired) electrons. The van der Waals surface area contributed by atoms with Crippen LogP contribution >= 0.6 is 38.5 Å². The Hall–Kier alpha value is -0.100. The Labute approximate surface area is 124 Å². The minimum absolute atomic E-state index is 0.169. The number of hydrogen-bond acceptors (Lipinski definition) is 1. The van der Waals surface area contributed by atoms with Gasteiger partial charge >= 0.3 is 0 Å². The smallest absolute Gasteiger partial charge is 0.254 e. The molecular formula is C13H15BrINO. The normalized spacial score (nSPS) is 17.2. The predicted octanol–water partition coefficient (Wildman–Crippen LogP) is 3.93. The number of likely N-dealkylation sites (tertiary alicyclic amines) is 1. The number of halogens is 2. The molecule has 2 rings (SSSR count). The van der Waals surface area contributed by atoms with Crippen molar-refractivity contribution >= 4 is 44.4 Å². The number of hydrogen-bond donors (Lipinski definition) is 0. The van der Waals surface area contributed by atoms with E-state index in [0.29, 0.717) is 0 Å². The van der Waals surface area contributed by atoms with E-state index in [0.717, 1.165) is 45.5 Å². The van der Waals surface area contributed by atoms with E-state index < -0.39 is 0 Å². The quantitative estimate of drug-likeness (QED) is 0.646. The summed E-state index contributed by atoms with van der Waals surface area (Å²) in [4.78, 5) is 14.4. The maximum Gasteiger partial charge on any atom is 0.254 e. The number of amides is 1. The second kappa shape index (κ2) is 5.69. The molecule has 0 unspecified atom stereocenters. The highest BCUT2D eigenvalue weighted by Crippen LogP contribution is 2.23. The number of benzene rings is 1. The predicted molar refractivity (Wildman–Crippen MR) is 81.2 cm³/mol. The molecule has 1 aromatic rings. The highest BCUT2D eigenvalue weighted by Gasteiger charge is 2.22. The summed E-state index contributed by atoms with van der Waals surface area (Å²) in [5, 5.41) is 0. The zero-order chi connectivity index (χ0) is 12.4. The molecule has 1 amide bonds. The summed E-state index contributed by atoms with van der Waals surface area (Å²) in [6, 6.07) is 5.86. The van der Waals surface area contributed by atoms with Gasteiger partial charge in [-0.05, 0) is 59.5 Å². The second-order valence-corrected chi connectivity index (χ2v) is 6.68. The standard InChI is InChI=1S/C13H15BrINO/c1-9-4-6-16(7-5-9)13(17)11-8-10(14)2-3-12(11)15/h2-3,8-9H,4-7H2,1H3. The van der Waals surface area contributed by atoms with Crippen molar-refractivity contribution in [3.8, 4) is 0 Å². The summed E-state index contributed by atoms with van der Waals surface area (Å²) in [5.74, 6) is 0.920. The average molecular weight is 408 g/mol. The van der Waals surface area contributed by atoms with Crippen molar-refractivity contribution in [2.24, 2.45) is 5.92 Å². The fourth-order valence-electron chi connectivity index (χ4n) is 2.04. The summed E-state index contributed by atoms with van der Waals surface area (Å²) in [6.07, 6.45) is 2.24. The minimum Gasteiger partial charge on any atom is -0.339 e. The Balaban J connectivity index is 2.16. The zero-order valence-electron chi connectivity index (χ0n) is 9.75. The Morgan fingerprint density at radius 2 is 2.06 bits per heavy atom. The molecule has 0 aliphatic carbocycles. The molecule has 1 saturated heterocycles. The van der Waals surface area contributed by atoms with Gasteiger partial charge in [-0.2, -0.15) is 0 Å². The first-order valence-corrected chi connectivity index (χ1v) is 7.69. The van der Waals surface area contributed by atoms with Crippen LogP contribution in [0.2, 0.25) is 0 Å². The lowest BCUT2D eigenvalue weighted by Gasteiger charge is -2.30. The van der Waals surface area contributed by atoms with Crippen LogP contribution in [0, 0.1) is 9.49 Å². The molecular weight excluding hydrogens is 393 g/mol. The average Bonchev–Trinajstić information content (AvgIpc) is 2.32. The first kappa shape index (κ1) is 13.3. The van der Waals surface area contributed by atoms with Gasteiger partial charge in [0, 0.05) is 21.1 Å². The van der Waals surface area contributed by atoms with Crippen LogP contribution in [0.4, 0.5) is 0 Å². The number of piperidine rings is 1. The Morgan fingerprint density at radius 3 is 2.71 bits per heavy atom. The largest absolute Gasteiger partial charge is 0.339 e.